The predicted octanol–water partition coefficient (Wildman–Crippen LogP) is 6.10. The molecule has 0 atom stereocenters. The van der Waals surface area contributed by atoms with Crippen LogP contribution in [0.2, 0.25) is 0 Å². The summed E-state index contributed by atoms with van der Waals surface area (Å²) in [7, 11) is 0. The van der Waals surface area contributed by atoms with E-state index in [4.69, 9.17) is 11.1 Å². The molecule has 0 saturated heterocycles. The monoisotopic (exact) mass is 400 g/mol. The summed E-state index contributed by atoms with van der Waals surface area (Å²) in [6.07, 6.45) is 3.60. The van der Waals surface area contributed by atoms with Crippen molar-refractivity contribution < 1.29 is 14.7 Å². The van der Waals surface area contributed by atoms with Crippen LogP contribution in [0.3, 0.4) is 0 Å². The summed E-state index contributed by atoms with van der Waals surface area (Å²) in [6, 6.07) is 13.3. The Kier molecular flexibility index (Phi) is 6.29. The summed E-state index contributed by atoms with van der Waals surface area (Å²) in [6.45, 7) is 0. The van der Waals surface area contributed by atoms with Crippen molar-refractivity contribution in [3.8, 4) is 0 Å². The van der Waals surface area contributed by atoms with Gasteiger partial charge in [-0.15, -0.1) is 0 Å². The van der Waals surface area contributed by atoms with Crippen molar-refractivity contribution in [3.05, 3.63) is 91.7 Å². The molecule has 1 N–H and O–H groups in total. The topological polar surface area (TPSA) is 152 Å². The second-order valence-electron chi connectivity index (χ2n) is 6.67. The third-order valence-electron chi connectivity index (χ3n) is 4.65. The number of benzene rings is 2. The summed E-state index contributed by atoms with van der Waals surface area (Å²) < 4.78 is 0. The zero-order valence-electron chi connectivity index (χ0n) is 15.7. The van der Waals surface area contributed by atoms with Crippen molar-refractivity contribution in [2.75, 3.05) is 0 Å². The van der Waals surface area contributed by atoms with Gasteiger partial charge >= 0.3 is 5.97 Å². The highest BCUT2D eigenvalue weighted by atomic mass is 16.4. The van der Waals surface area contributed by atoms with Gasteiger partial charge in [0.25, 0.3) is 0 Å². The van der Waals surface area contributed by atoms with E-state index in [0.29, 0.717) is 33.6 Å². The largest absolute Gasteiger partial charge is 0.481 e. The summed E-state index contributed by atoms with van der Waals surface area (Å²) in [5.41, 5.74) is 20.1. The van der Waals surface area contributed by atoms with Crippen molar-refractivity contribution in [2.24, 2.45) is 16.1 Å². The van der Waals surface area contributed by atoms with Crippen LogP contribution in [-0.4, -0.2) is 16.9 Å². The molecule has 9 nitrogen and oxygen atoms in total. The minimum atomic E-state index is -0.961. The molecule has 3 rings (SSSR count). The van der Waals surface area contributed by atoms with Crippen LogP contribution >= 0.6 is 0 Å². The molecule has 9 heteroatoms. The Hall–Kier alpha value is -4.32. The number of allylic oxidation sites excluding steroid dienone is 2. The molecule has 30 heavy (non-hydrogen) atoms. The normalized spacial score (nSPS) is 18.5. The van der Waals surface area contributed by atoms with Crippen molar-refractivity contribution in [1.82, 2.24) is 0 Å². The molecule has 1 fully saturated rings. The number of carboxylic acid groups (broad SMARTS) is 1. The van der Waals surface area contributed by atoms with E-state index in [0.717, 1.165) is 0 Å². The van der Waals surface area contributed by atoms with E-state index >= 15 is 0 Å². The zero-order chi connectivity index (χ0) is 21.5. The first-order valence-electron chi connectivity index (χ1n) is 8.99. The molecule has 0 aromatic heterocycles. The highest BCUT2D eigenvalue weighted by Crippen LogP contribution is 2.33. The second-order valence-corrected chi connectivity index (χ2v) is 6.67. The molecule has 148 valence electrons. The third-order valence-corrected chi connectivity index (χ3v) is 4.65. The molecule has 0 amide bonds. The van der Waals surface area contributed by atoms with Crippen molar-refractivity contribution in [1.29, 1.82) is 0 Å². The Morgan fingerprint density at radius 3 is 1.60 bits per heavy atom. The van der Waals surface area contributed by atoms with E-state index in [1.165, 1.54) is 0 Å². The molecule has 2 aromatic rings. The molecular weight excluding hydrogens is 384 g/mol. The van der Waals surface area contributed by atoms with Gasteiger partial charge in [-0.2, -0.15) is 0 Å². The highest BCUT2D eigenvalue weighted by molar-refractivity contribution is 6.14. The van der Waals surface area contributed by atoms with Gasteiger partial charge in [0.15, 0.2) is 5.78 Å². The van der Waals surface area contributed by atoms with E-state index < -0.39 is 11.9 Å². The number of hydrogen-bond acceptors (Lipinski definition) is 4. The maximum Gasteiger partial charge on any atom is 0.307 e. The van der Waals surface area contributed by atoms with Gasteiger partial charge in [-0.05, 0) is 47.2 Å². The summed E-state index contributed by atoms with van der Waals surface area (Å²) in [5.74, 6) is -1.87. The minimum Gasteiger partial charge on any atom is -0.481 e. The summed E-state index contributed by atoms with van der Waals surface area (Å²) >= 11 is 0. The van der Waals surface area contributed by atoms with Gasteiger partial charge in [0.1, 0.15) is 0 Å². The molecule has 1 saturated carbocycles. The quantitative estimate of drug-likeness (QED) is 0.279. The molecule has 0 spiro atoms. The first-order valence-corrected chi connectivity index (χ1v) is 8.99. The Bertz CT molecular complexity index is 1050. The first-order chi connectivity index (χ1) is 14.5. The molecule has 0 bridgehead atoms. The molecular formula is C21H16N6O3. The van der Waals surface area contributed by atoms with Crippen LogP contribution in [0.1, 0.15) is 24.0 Å². The maximum atomic E-state index is 13.0. The molecule has 0 unspecified atom stereocenters. The van der Waals surface area contributed by atoms with E-state index in [2.05, 4.69) is 20.1 Å². The average Bonchev–Trinajstić information content (AvgIpc) is 2.74. The van der Waals surface area contributed by atoms with Crippen molar-refractivity contribution >= 4 is 35.3 Å². The number of hydrogen-bond donors (Lipinski definition) is 1. The third kappa shape index (κ3) is 4.94. The van der Waals surface area contributed by atoms with E-state index in [1.54, 1.807) is 60.7 Å². The lowest BCUT2D eigenvalue weighted by atomic mass is 9.80. The van der Waals surface area contributed by atoms with Crippen LogP contribution in [0, 0.1) is 5.92 Å². The van der Waals surface area contributed by atoms with Gasteiger partial charge in [-0.1, -0.05) is 58.8 Å². The molecule has 0 heterocycles. The standard InChI is InChI=1S/C21H16N6O3/c22-26-24-18-5-1-13(2-6-18)9-15-11-17(21(29)30)12-16(20(15)28)10-14-3-7-19(8-4-14)25-27-23/h1-10,17H,11-12H2,(H,29,30)/b15-9+,16-10+. The maximum absolute atomic E-state index is 13.0. The lowest BCUT2D eigenvalue weighted by Gasteiger charge is -2.22. The number of carboxylic acids is 1. The number of ketones is 1. The number of nitrogens with zero attached hydrogens (tertiary/aromatic N) is 6. The Morgan fingerprint density at radius 1 is 0.867 bits per heavy atom. The van der Waals surface area contributed by atoms with Crippen LogP contribution in [0.25, 0.3) is 33.0 Å². The SMILES string of the molecule is [N-]=[N+]=Nc1ccc(/C=C2\CC(C(=O)O)C/C(=C\c3ccc(N=[N+]=[N-])cc3)C2=O)cc1. The Labute approximate surface area is 171 Å². The number of carbonyl (C=O) groups excluding carboxylic acids is 1. The molecule has 2 aromatic carbocycles. The first kappa shape index (κ1) is 20.4. The van der Waals surface area contributed by atoms with E-state index in [1.807, 2.05) is 0 Å². The molecule has 1 aliphatic carbocycles. The number of azide groups is 2. The van der Waals surface area contributed by atoms with Gasteiger partial charge in [0.2, 0.25) is 0 Å². The average molecular weight is 400 g/mol. The smallest absolute Gasteiger partial charge is 0.307 e. The Balaban J connectivity index is 1.94. The van der Waals surface area contributed by atoms with Gasteiger partial charge in [-0.3, -0.25) is 9.59 Å². The second kappa shape index (κ2) is 9.25. The van der Waals surface area contributed by atoms with Gasteiger partial charge in [0, 0.05) is 32.3 Å². The minimum absolute atomic E-state index is 0.138. The van der Waals surface area contributed by atoms with E-state index in [-0.39, 0.29) is 18.6 Å². The van der Waals surface area contributed by atoms with Crippen LogP contribution in [-0.2, 0) is 9.59 Å². The summed E-state index contributed by atoms with van der Waals surface area (Å²) in [5, 5.41) is 16.5. The lowest BCUT2D eigenvalue weighted by molar-refractivity contribution is -0.142. The van der Waals surface area contributed by atoms with Crippen LogP contribution < -0.4 is 0 Å². The highest BCUT2D eigenvalue weighted by Gasteiger charge is 2.31. The fraction of sp³-hybridized carbons (Fsp3) is 0.143. The van der Waals surface area contributed by atoms with Crippen LogP contribution in [0.15, 0.2) is 69.9 Å². The fourth-order valence-electron chi connectivity index (χ4n) is 3.20. The van der Waals surface area contributed by atoms with Gasteiger partial charge < -0.3 is 5.11 Å². The van der Waals surface area contributed by atoms with Gasteiger partial charge in [-0.25, -0.2) is 0 Å². The number of rotatable bonds is 5. The molecule has 1 aliphatic rings. The Morgan fingerprint density at radius 2 is 1.27 bits per heavy atom. The molecule has 0 aliphatic heterocycles. The number of carbonyl (C=O) groups is 2. The van der Waals surface area contributed by atoms with Gasteiger partial charge in [0.05, 0.1) is 5.92 Å². The van der Waals surface area contributed by atoms with Crippen LogP contribution in [0.4, 0.5) is 11.4 Å². The van der Waals surface area contributed by atoms with Crippen LogP contribution in [0.5, 0.6) is 0 Å². The lowest BCUT2D eigenvalue weighted by Crippen LogP contribution is -2.25. The van der Waals surface area contributed by atoms with E-state index in [9.17, 15) is 14.7 Å². The van der Waals surface area contributed by atoms with Crippen molar-refractivity contribution in [3.63, 3.8) is 0 Å². The fourth-order valence-corrected chi connectivity index (χ4v) is 3.20. The summed E-state index contributed by atoms with van der Waals surface area (Å²) in [4.78, 5) is 30.0. The van der Waals surface area contributed by atoms with Crippen molar-refractivity contribution in [2.45, 2.75) is 12.8 Å². The predicted molar refractivity (Wildman–Crippen MR) is 112 cm³/mol. The number of aliphatic carboxylic acids is 1. The molecule has 0 radical (unpaired) electrons. The number of Topliss-reactive ketones (excluding diaryl/α,β-unsaturated/α-hetero) is 1. The zero-order valence-corrected chi connectivity index (χ0v) is 15.7.